The summed E-state index contributed by atoms with van der Waals surface area (Å²) in [5.41, 5.74) is 5.10. The molecule has 2 fully saturated rings. The maximum absolute atomic E-state index is 13.6. The molecule has 42 heavy (non-hydrogen) atoms. The van der Waals surface area contributed by atoms with Gasteiger partial charge in [-0.15, -0.1) is 0 Å². The summed E-state index contributed by atoms with van der Waals surface area (Å²) >= 11 is 0. The first-order chi connectivity index (χ1) is 20.4. The number of rotatable bonds is 11. The number of benzene rings is 1. The number of nitriles is 1. The highest BCUT2D eigenvalue weighted by Gasteiger charge is 2.29. The van der Waals surface area contributed by atoms with E-state index in [4.69, 9.17) is 14.1 Å². The first kappa shape index (κ1) is 27.6. The third-order valence-corrected chi connectivity index (χ3v) is 7.63. The summed E-state index contributed by atoms with van der Waals surface area (Å²) < 4.78 is 12.5. The Kier molecular flexibility index (Phi) is 7.69. The van der Waals surface area contributed by atoms with Crippen molar-refractivity contribution in [2.45, 2.75) is 51.1 Å². The number of carbonyl (C=O) groups excluding carboxylic acids is 1. The van der Waals surface area contributed by atoms with E-state index in [-0.39, 0.29) is 17.2 Å². The monoisotopic (exact) mass is 564 g/mol. The molecule has 0 aliphatic heterocycles. The predicted octanol–water partition coefficient (Wildman–Crippen LogP) is 4.95. The lowest BCUT2D eigenvalue weighted by atomic mass is 9.95. The Morgan fingerprint density at radius 2 is 2.00 bits per heavy atom. The Bertz CT molecular complexity index is 1740. The molecule has 2 N–H and O–H groups in total. The van der Waals surface area contributed by atoms with Crippen molar-refractivity contribution in [2.24, 2.45) is 0 Å². The molecular formula is C32H32N6O4. The van der Waals surface area contributed by atoms with E-state index in [2.05, 4.69) is 21.7 Å². The summed E-state index contributed by atoms with van der Waals surface area (Å²) in [6, 6.07) is 13.2. The number of carbonyl (C=O) groups is 1. The molecule has 0 spiro atoms. The Hall–Kier alpha value is -4.59. The normalized spacial score (nSPS) is 14.5. The lowest BCUT2D eigenvalue weighted by Crippen LogP contribution is -2.30. The largest absolute Gasteiger partial charge is 0.443 e. The van der Waals surface area contributed by atoms with Gasteiger partial charge in [-0.3, -0.25) is 9.59 Å². The quantitative estimate of drug-likeness (QED) is 0.245. The molecule has 6 rings (SSSR count). The fraction of sp³-hybridized carbons (Fsp3) is 0.344. The van der Waals surface area contributed by atoms with Crippen LogP contribution in [0.15, 0.2) is 58.2 Å². The van der Waals surface area contributed by atoms with Gasteiger partial charge in [-0.1, -0.05) is 6.07 Å². The second-order valence-corrected chi connectivity index (χ2v) is 10.9. The SMILES string of the molecule is COCCNCc1cc(C(=O)Nc2cc(-c3ccc(C#N)cc3-c3ocnc3C)cc(C3CC3)n2)c(=O)n(C2CC2)c1. The highest BCUT2D eigenvalue weighted by Crippen LogP contribution is 2.42. The number of anilines is 1. The molecule has 2 saturated carbocycles. The van der Waals surface area contributed by atoms with E-state index >= 15 is 0 Å². The average Bonchev–Trinajstić information content (AvgIpc) is 3.93. The minimum absolute atomic E-state index is 0.0875. The van der Waals surface area contributed by atoms with Crippen molar-refractivity contribution in [1.29, 1.82) is 5.26 Å². The summed E-state index contributed by atoms with van der Waals surface area (Å²) in [6.45, 7) is 3.59. The number of nitrogens with zero attached hydrogens (tertiary/aromatic N) is 4. The number of pyridine rings is 2. The van der Waals surface area contributed by atoms with Crippen molar-refractivity contribution < 1.29 is 13.9 Å². The second-order valence-electron chi connectivity index (χ2n) is 10.9. The molecule has 0 saturated heterocycles. The molecule has 0 radical (unpaired) electrons. The zero-order valence-electron chi connectivity index (χ0n) is 23.6. The Labute approximate surface area is 243 Å². The van der Waals surface area contributed by atoms with E-state index < -0.39 is 5.91 Å². The first-order valence-electron chi connectivity index (χ1n) is 14.2. The van der Waals surface area contributed by atoms with Crippen molar-refractivity contribution in [3.05, 3.63) is 87.4 Å². The molecule has 2 aliphatic rings. The standard InChI is InChI=1S/C32H32N6O4/c1-19-30(42-18-35-19)26-11-20(15-33)3-8-25(26)23-13-28(22-4-5-22)36-29(14-23)37-31(39)27-12-21(16-34-9-10-41-2)17-38(32(27)40)24-6-7-24/h3,8,11-14,17-18,22,24,34H,4-7,9-10,16H2,1-2H3,(H,36,37,39). The zero-order valence-corrected chi connectivity index (χ0v) is 23.6. The van der Waals surface area contributed by atoms with Crippen LogP contribution in [-0.2, 0) is 11.3 Å². The van der Waals surface area contributed by atoms with Crippen LogP contribution in [0, 0.1) is 18.3 Å². The number of aromatic nitrogens is 3. The summed E-state index contributed by atoms with van der Waals surface area (Å²) in [6.07, 6.45) is 7.13. The molecule has 2 aliphatic carbocycles. The maximum atomic E-state index is 13.6. The first-order valence-corrected chi connectivity index (χ1v) is 14.2. The van der Waals surface area contributed by atoms with Crippen LogP contribution in [0.3, 0.4) is 0 Å². The molecule has 3 heterocycles. The minimum atomic E-state index is -0.495. The number of aryl methyl sites for hydroxylation is 1. The molecule has 10 heteroatoms. The van der Waals surface area contributed by atoms with Crippen LogP contribution < -0.4 is 16.2 Å². The van der Waals surface area contributed by atoms with Gasteiger partial charge in [0.05, 0.1) is 23.9 Å². The Morgan fingerprint density at radius 3 is 2.69 bits per heavy atom. The van der Waals surface area contributed by atoms with Crippen molar-refractivity contribution in [3.63, 3.8) is 0 Å². The number of nitrogens with one attached hydrogen (secondary N) is 2. The van der Waals surface area contributed by atoms with Crippen LogP contribution in [0.4, 0.5) is 5.82 Å². The van der Waals surface area contributed by atoms with Crippen molar-refractivity contribution in [2.75, 3.05) is 25.6 Å². The van der Waals surface area contributed by atoms with Gasteiger partial charge >= 0.3 is 0 Å². The number of amides is 1. The number of hydrogen-bond donors (Lipinski definition) is 2. The third kappa shape index (κ3) is 5.88. The molecule has 0 atom stereocenters. The molecule has 0 bridgehead atoms. The van der Waals surface area contributed by atoms with E-state index in [9.17, 15) is 14.9 Å². The molecule has 0 unspecified atom stereocenters. The smallest absolute Gasteiger partial charge is 0.263 e. The van der Waals surface area contributed by atoms with Crippen molar-refractivity contribution in [3.8, 4) is 28.5 Å². The van der Waals surface area contributed by atoms with Crippen LogP contribution >= 0.6 is 0 Å². The summed E-state index contributed by atoms with van der Waals surface area (Å²) in [4.78, 5) is 36.0. The number of methoxy groups -OCH3 is 1. The van der Waals surface area contributed by atoms with Gasteiger partial charge in [0.25, 0.3) is 11.5 Å². The van der Waals surface area contributed by atoms with Crippen LogP contribution in [0.5, 0.6) is 0 Å². The molecule has 3 aromatic heterocycles. The van der Waals surface area contributed by atoms with E-state index in [1.54, 1.807) is 35.9 Å². The summed E-state index contributed by atoms with van der Waals surface area (Å²) in [5, 5.41) is 15.8. The number of hydrogen-bond acceptors (Lipinski definition) is 8. The van der Waals surface area contributed by atoms with Crippen LogP contribution in [0.25, 0.3) is 22.5 Å². The second kappa shape index (κ2) is 11.7. The van der Waals surface area contributed by atoms with E-state index in [1.165, 1.54) is 6.39 Å². The lowest BCUT2D eigenvalue weighted by Gasteiger charge is -2.14. The predicted molar refractivity (Wildman–Crippen MR) is 157 cm³/mol. The minimum Gasteiger partial charge on any atom is -0.443 e. The Balaban J connectivity index is 1.36. The molecule has 4 aromatic rings. The highest BCUT2D eigenvalue weighted by molar-refractivity contribution is 6.04. The van der Waals surface area contributed by atoms with Crippen LogP contribution in [0.2, 0.25) is 0 Å². The summed E-state index contributed by atoms with van der Waals surface area (Å²) in [5.74, 6) is 0.757. The zero-order chi connectivity index (χ0) is 29.2. The number of ether oxygens (including phenoxy) is 1. The lowest BCUT2D eigenvalue weighted by molar-refractivity contribution is 0.102. The van der Waals surface area contributed by atoms with Crippen LogP contribution in [0.1, 0.15) is 70.5 Å². The van der Waals surface area contributed by atoms with E-state index in [0.717, 1.165) is 53.6 Å². The maximum Gasteiger partial charge on any atom is 0.263 e. The van der Waals surface area contributed by atoms with E-state index in [1.807, 2.05) is 25.3 Å². The fourth-order valence-corrected chi connectivity index (χ4v) is 5.11. The molecule has 10 nitrogen and oxygen atoms in total. The summed E-state index contributed by atoms with van der Waals surface area (Å²) in [7, 11) is 1.65. The van der Waals surface area contributed by atoms with Gasteiger partial charge in [0, 0.05) is 49.6 Å². The van der Waals surface area contributed by atoms with Gasteiger partial charge in [-0.2, -0.15) is 5.26 Å². The number of oxazole rings is 1. The van der Waals surface area contributed by atoms with Gasteiger partial charge in [0.1, 0.15) is 11.4 Å². The molecule has 1 aromatic carbocycles. The van der Waals surface area contributed by atoms with Crippen LogP contribution in [-0.4, -0.2) is 40.7 Å². The van der Waals surface area contributed by atoms with Gasteiger partial charge < -0.3 is 24.4 Å². The average molecular weight is 565 g/mol. The van der Waals surface area contributed by atoms with E-state index in [0.29, 0.717) is 48.4 Å². The third-order valence-electron chi connectivity index (χ3n) is 7.63. The fourth-order valence-electron chi connectivity index (χ4n) is 5.11. The molecular weight excluding hydrogens is 532 g/mol. The Morgan fingerprint density at radius 1 is 1.17 bits per heavy atom. The highest BCUT2D eigenvalue weighted by atomic mass is 16.5. The van der Waals surface area contributed by atoms with Gasteiger partial charge in [0.2, 0.25) is 0 Å². The van der Waals surface area contributed by atoms with Gasteiger partial charge in [-0.25, -0.2) is 9.97 Å². The van der Waals surface area contributed by atoms with Gasteiger partial charge in [0.15, 0.2) is 12.2 Å². The van der Waals surface area contributed by atoms with Crippen molar-refractivity contribution >= 4 is 11.7 Å². The van der Waals surface area contributed by atoms with Crippen molar-refractivity contribution in [1.82, 2.24) is 19.9 Å². The topological polar surface area (TPSA) is 135 Å². The molecule has 1 amide bonds. The van der Waals surface area contributed by atoms with Gasteiger partial charge in [-0.05, 0) is 79.6 Å². The molecule has 214 valence electrons.